The van der Waals surface area contributed by atoms with E-state index in [9.17, 15) is 4.79 Å². The highest BCUT2D eigenvalue weighted by molar-refractivity contribution is 5.84. The Morgan fingerprint density at radius 3 is 2.00 bits per heavy atom. The Balaban J connectivity index is -0.0000000800. The van der Waals surface area contributed by atoms with Gasteiger partial charge in [-0.05, 0) is 13.0 Å². The van der Waals surface area contributed by atoms with E-state index in [2.05, 4.69) is 12.3 Å². The summed E-state index contributed by atoms with van der Waals surface area (Å²) in [6.45, 7) is 5.02. The van der Waals surface area contributed by atoms with Crippen LogP contribution in [0.4, 0.5) is 0 Å². The molecule has 6 N–H and O–H groups in total. The van der Waals surface area contributed by atoms with Crippen LogP contribution in [0.25, 0.3) is 0 Å². The molecule has 1 amide bonds. The molecule has 0 fully saturated rings. The number of hydrogen-bond acceptors (Lipinski definition) is 3. The highest BCUT2D eigenvalue weighted by Gasteiger charge is 1.69. The van der Waals surface area contributed by atoms with E-state index in [-0.39, 0.29) is 12.8 Å². The van der Waals surface area contributed by atoms with Gasteiger partial charge in [0.25, 0.3) is 0 Å². The van der Waals surface area contributed by atoms with Gasteiger partial charge in [-0.2, -0.15) is 0 Å². The quantitative estimate of drug-likeness (QED) is 0.434. The van der Waals surface area contributed by atoms with Crippen molar-refractivity contribution in [3.05, 3.63) is 12.7 Å². The first-order valence-corrected chi connectivity index (χ1v) is 2.21. The van der Waals surface area contributed by atoms with E-state index in [1.165, 1.54) is 0 Å². The van der Waals surface area contributed by atoms with Gasteiger partial charge in [0.05, 0.1) is 0 Å². The summed E-state index contributed by atoms with van der Waals surface area (Å²) in [7, 11) is 0. The lowest BCUT2D eigenvalue weighted by atomic mass is 10.6. The Morgan fingerprint density at radius 1 is 1.89 bits per heavy atom. The second-order valence-corrected chi connectivity index (χ2v) is 0.923. The average Bonchev–Trinajstić information content (AvgIpc) is 1.69. The van der Waals surface area contributed by atoms with E-state index in [0.29, 0.717) is 0 Å². The zero-order valence-electron chi connectivity index (χ0n) is 5.63. The summed E-state index contributed by atoms with van der Waals surface area (Å²) in [5.41, 5.74) is 4.53. The number of carbonyl (C=O) groups excluding carboxylic acids is 1. The molecule has 0 saturated heterocycles. The van der Waals surface area contributed by atoms with E-state index in [0.717, 1.165) is 6.08 Å². The van der Waals surface area contributed by atoms with Gasteiger partial charge in [-0.3, -0.25) is 4.79 Å². The normalized spacial score (nSPS) is 5.56. The SMILES string of the molecule is C=CC(N)=O.CCO.N. The molecule has 0 aliphatic heterocycles. The highest BCUT2D eigenvalue weighted by Crippen LogP contribution is 1.48. The van der Waals surface area contributed by atoms with Crippen LogP contribution < -0.4 is 11.9 Å². The molecule has 0 radical (unpaired) electrons. The molecule has 0 rings (SSSR count). The van der Waals surface area contributed by atoms with Crippen molar-refractivity contribution in [3.8, 4) is 0 Å². The van der Waals surface area contributed by atoms with Crippen LogP contribution in [-0.4, -0.2) is 17.6 Å². The van der Waals surface area contributed by atoms with Crippen LogP contribution in [0.3, 0.4) is 0 Å². The zero-order valence-corrected chi connectivity index (χ0v) is 5.63. The van der Waals surface area contributed by atoms with E-state index >= 15 is 0 Å². The molecule has 0 atom stereocenters. The van der Waals surface area contributed by atoms with Gasteiger partial charge >= 0.3 is 0 Å². The fraction of sp³-hybridized carbons (Fsp3) is 0.400. The summed E-state index contributed by atoms with van der Waals surface area (Å²) in [6, 6.07) is 0. The van der Waals surface area contributed by atoms with Gasteiger partial charge in [-0.1, -0.05) is 6.58 Å². The fourth-order valence-corrected chi connectivity index (χ4v) is 0. The molecule has 56 valence electrons. The van der Waals surface area contributed by atoms with Crippen molar-refractivity contribution in [1.29, 1.82) is 0 Å². The molecule has 0 spiro atoms. The summed E-state index contributed by atoms with van der Waals surface area (Å²) in [6.07, 6.45) is 1.06. The maximum Gasteiger partial charge on any atom is 0.240 e. The van der Waals surface area contributed by atoms with Gasteiger partial charge in [-0.25, -0.2) is 0 Å². The minimum Gasteiger partial charge on any atom is -0.397 e. The van der Waals surface area contributed by atoms with Crippen LogP contribution >= 0.6 is 0 Å². The number of rotatable bonds is 1. The number of carbonyl (C=O) groups is 1. The Hall–Kier alpha value is -0.870. The lowest BCUT2D eigenvalue weighted by Gasteiger charge is -1.65. The number of aliphatic hydroxyl groups excluding tert-OH is 1. The van der Waals surface area contributed by atoms with Crippen molar-refractivity contribution in [3.63, 3.8) is 0 Å². The van der Waals surface area contributed by atoms with Gasteiger partial charge in [0.15, 0.2) is 0 Å². The Labute approximate surface area is 54.9 Å². The van der Waals surface area contributed by atoms with Gasteiger partial charge in [0.1, 0.15) is 0 Å². The number of aliphatic hydroxyl groups is 1. The molecule has 0 saturated carbocycles. The third-order valence-corrected chi connectivity index (χ3v) is 0.201. The number of primary amides is 1. The van der Waals surface area contributed by atoms with Crippen molar-refractivity contribution < 1.29 is 9.90 Å². The van der Waals surface area contributed by atoms with E-state index < -0.39 is 5.91 Å². The molecule has 0 aromatic heterocycles. The standard InChI is InChI=1S/C3H5NO.C2H6O.H3N/c1-2-3(4)5;1-2-3;/h2H,1H2,(H2,4,5);3H,2H2,1H3;1H3. The van der Waals surface area contributed by atoms with Crippen LogP contribution in [-0.2, 0) is 4.79 Å². The van der Waals surface area contributed by atoms with Crippen molar-refractivity contribution in [2.75, 3.05) is 6.61 Å². The molecule has 0 heterocycles. The smallest absolute Gasteiger partial charge is 0.240 e. The lowest BCUT2D eigenvalue weighted by Crippen LogP contribution is -2.04. The van der Waals surface area contributed by atoms with E-state index in [1.807, 2.05) is 0 Å². The number of nitrogens with two attached hydrogens (primary N) is 1. The number of amides is 1. The van der Waals surface area contributed by atoms with Gasteiger partial charge in [-0.15, -0.1) is 0 Å². The van der Waals surface area contributed by atoms with Crippen molar-refractivity contribution in [1.82, 2.24) is 6.15 Å². The average molecular weight is 134 g/mol. The third kappa shape index (κ3) is 147. The maximum atomic E-state index is 9.47. The predicted octanol–water partition coefficient (Wildman–Crippen LogP) is -0.182. The molecule has 4 nitrogen and oxygen atoms in total. The summed E-state index contributed by atoms with van der Waals surface area (Å²) >= 11 is 0. The summed E-state index contributed by atoms with van der Waals surface area (Å²) in [5.74, 6) is -0.481. The third-order valence-electron chi connectivity index (χ3n) is 0.201. The van der Waals surface area contributed by atoms with Crippen LogP contribution in [0.1, 0.15) is 6.92 Å². The lowest BCUT2D eigenvalue weighted by molar-refractivity contribution is -0.113. The molecule has 9 heavy (non-hydrogen) atoms. The van der Waals surface area contributed by atoms with Gasteiger partial charge in [0.2, 0.25) is 5.91 Å². The van der Waals surface area contributed by atoms with E-state index in [1.54, 1.807) is 6.92 Å². The Kier molecular flexibility index (Phi) is 27.4. The molecule has 0 aromatic carbocycles. The molecular formula is C5H14N2O2. The summed E-state index contributed by atoms with van der Waals surface area (Å²) < 4.78 is 0. The number of hydrogen-bond donors (Lipinski definition) is 3. The first-order chi connectivity index (χ1) is 3.68. The first kappa shape index (κ1) is 15.7. The van der Waals surface area contributed by atoms with Gasteiger partial charge in [0, 0.05) is 6.61 Å². The van der Waals surface area contributed by atoms with E-state index in [4.69, 9.17) is 5.11 Å². The van der Waals surface area contributed by atoms with Crippen LogP contribution in [0.2, 0.25) is 0 Å². The second kappa shape index (κ2) is 15.7. The summed E-state index contributed by atoms with van der Waals surface area (Å²) in [5, 5.41) is 7.57. The Bertz CT molecular complexity index is 73.4. The van der Waals surface area contributed by atoms with Gasteiger partial charge < -0.3 is 17.0 Å². The molecule has 0 aliphatic rings. The Morgan fingerprint density at radius 2 is 2.00 bits per heavy atom. The largest absolute Gasteiger partial charge is 0.397 e. The van der Waals surface area contributed by atoms with Crippen LogP contribution in [0.15, 0.2) is 12.7 Å². The fourth-order valence-electron chi connectivity index (χ4n) is 0. The zero-order chi connectivity index (χ0) is 6.99. The van der Waals surface area contributed by atoms with Crippen LogP contribution in [0, 0.1) is 0 Å². The first-order valence-electron chi connectivity index (χ1n) is 2.21. The minimum absolute atomic E-state index is 0. The molecular weight excluding hydrogens is 120 g/mol. The van der Waals surface area contributed by atoms with Crippen LogP contribution in [0.5, 0.6) is 0 Å². The summed E-state index contributed by atoms with van der Waals surface area (Å²) in [4.78, 5) is 9.47. The monoisotopic (exact) mass is 134 g/mol. The second-order valence-electron chi connectivity index (χ2n) is 0.923. The molecule has 0 aliphatic carbocycles. The maximum absolute atomic E-state index is 9.47. The topological polar surface area (TPSA) is 98.3 Å². The molecule has 0 aromatic rings. The van der Waals surface area contributed by atoms with Crippen molar-refractivity contribution >= 4 is 5.91 Å². The molecule has 0 unspecified atom stereocenters. The van der Waals surface area contributed by atoms with Crippen molar-refractivity contribution in [2.24, 2.45) is 5.73 Å². The van der Waals surface area contributed by atoms with Crippen molar-refractivity contribution in [2.45, 2.75) is 6.92 Å². The molecule has 0 bridgehead atoms. The minimum atomic E-state index is -0.481. The molecule has 4 heteroatoms. The predicted molar refractivity (Wildman–Crippen MR) is 37.2 cm³/mol. The highest BCUT2D eigenvalue weighted by atomic mass is 16.2.